The van der Waals surface area contributed by atoms with E-state index in [9.17, 15) is 0 Å². The summed E-state index contributed by atoms with van der Waals surface area (Å²) in [6.07, 6.45) is 7.86. The van der Waals surface area contributed by atoms with Gasteiger partial charge in [0.15, 0.2) is 0 Å². The molecule has 4 heterocycles. The maximum absolute atomic E-state index is 5.93. The zero-order valence-electron chi connectivity index (χ0n) is 21.4. The first-order valence-electron chi connectivity index (χ1n) is 13.7. The molecule has 0 bridgehead atoms. The van der Waals surface area contributed by atoms with Crippen molar-refractivity contribution in [2.75, 3.05) is 44.6 Å². The lowest BCUT2D eigenvalue weighted by Crippen LogP contribution is -2.46. The van der Waals surface area contributed by atoms with Crippen LogP contribution in [0.1, 0.15) is 38.5 Å². The number of nitrogens with zero attached hydrogens (tertiary/aromatic N) is 6. The van der Waals surface area contributed by atoms with Gasteiger partial charge in [-0.05, 0) is 89.1 Å². The van der Waals surface area contributed by atoms with E-state index in [1.807, 2.05) is 48.5 Å². The molecule has 0 unspecified atom stereocenters. The van der Waals surface area contributed by atoms with Crippen LogP contribution < -0.4 is 5.32 Å². The molecular formula is C29H35N7O. The van der Waals surface area contributed by atoms with Crippen LogP contribution in [0.5, 0.6) is 0 Å². The summed E-state index contributed by atoms with van der Waals surface area (Å²) in [4.78, 5) is 14.9. The number of nitrogens with one attached hydrogen (secondary N) is 1. The summed E-state index contributed by atoms with van der Waals surface area (Å²) in [5.74, 6) is 2.04. The van der Waals surface area contributed by atoms with Gasteiger partial charge in [-0.25, -0.2) is 9.97 Å². The van der Waals surface area contributed by atoms with Gasteiger partial charge in [0.05, 0.1) is 5.52 Å². The third-order valence-corrected chi connectivity index (χ3v) is 7.65. The molecule has 0 aliphatic carbocycles. The number of fused-ring (bicyclic) bond motifs is 1. The molecule has 0 atom stereocenters. The summed E-state index contributed by atoms with van der Waals surface area (Å²) in [5.41, 5.74) is 1.73. The van der Waals surface area contributed by atoms with Gasteiger partial charge >= 0.3 is 0 Å². The van der Waals surface area contributed by atoms with E-state index in [1.165, 1.54) is 58.3 Å². The van der Waals surface area contributed by atoms with Crippen LogP contribution in [0.4, 0.5) is 5.82 Å². The van der Waals surface area contributed by atoms with Crippen molar-refractivity contribution in [1.29, 1.82) is 0 Å². The summed E-state index contributed by atoms with van der Waals surface area (Å²) < 4.78 is 5.93. The monoisotopic (exact) mass is 497 g/mol. The molecule has 37 heavy (non-hydrogen) atoms. The molecule has 2 aliphatic heterocycles. The van der Waals surface area contributed by atoms with Gasteiger partial charge in [0.1, 0.15) is 5.82 Å². The maximum Gasteiger partial charge on any atom is 0.286 e. The lowest BCUT2D eigenvalue weighted by Gasteiger charge is -2.40. The van der Waals surface area contributed by atoms with E-state index in [2.05, 4.69) is 31.4 Å². The third kappa shape index (κ3) is 5.65. The Balaban J connectivity index is 1.08. The van der Waals surface area contributed by atoms with Crippen LogP contribution >= 0.6 is 0 Å². The number of likely N-dealkylation sites (tertiary alicyclic amines) is 2. The Morgan fingerprint density at radius 1 is 0.811 bits per heavy atom. The summed E-state index contributed by atoms with van der Waals surface area (Å²) >= 11 is 0. The largest absolute Gasteiger partial charge is 0.413 e. The van der Waals surface area contributed by atoms with Crippen molar-refractivity contribution >= 4 is 16.7 Å². The van der Waals surface area contributed by atoms with Crippen molar-refractivity contribution in [2.45, 2.75) is 44.6 Å². The molecule has 8 nitrogen and oxygen atoms in total. The first-order chi connectivity index (χ1) is 18.3. The Morgan fingerprint density at radius 3 is 2.41 bits per heavy atom. The zero-order chi connectivity index (χ0) is 24.9. The number of piperidine rings is 2. The molecular weight excluding hydrogens is 462 g/mol. The van der Waals surface area contributed by atoms with Crippen LogP contribution in [0.3, 0.4) is 0 Å². The average molecular weight is 498 g/mol. The van der Waals surface area contributed by atoms with Crippen LogP contribution in [0.25, 0.3) is 34.1 Å². The van der Waals surface area contributed by atoms with E-state index in [1.54, 1.807) is 0 Å². The van der Waals surface area contributed by atoms with Gasteiger partial charge in [-0.2, -0.15) is 0 Å². The number of rotatable bonds is 8. The van der Waals surface area contributed by atoms with Gasteiger partial charge in [-0.15, -0.1) is 10.2 Å². The van der Waals surface area contributed by atoms with Crippen molar-refractivity contribution in [2.24, 2.45) is 0 Å². The fourth-order valence-electron chi connectivity index (χ4n) is 5.62. The second kappa shape index (κ2) is 11.4. The molecule has 2 saturated heterocycles. The molecule has 192 valence electrons. The second-order valence-corrected chi connectivity index (χ2v) is 10.1. The molecule has 0 spiro atoms. The van der Waals surface area contributed by atoms with Crippen LogP contribution in [0, 0.1) is 0 Å². The smallest absolute Gasteiger partial charge is 0.286 e. The fourth-order valence-corrected chi connectivity index (χ4v) is 5.62. The number of benzene rings is 2. The van der Waals surface area contributed by atoms with Gasteiger partial charge < -0.3 is 19.5 Å². The lowest BCUT2D eigenvalue weighted by atomic mass is 10.00. The first-order valence-corrected chi connectivity index (χ1v) is 13.7. The fraction of sp³-hybridized carbons (Fsp3) is 0.448. The number of para-hydroxylation sites is 1. The van der Waals surface area contributed by atoms with Crippen LogP contribution in [0.15, 0.2) is 59.0 Å². The Kier molecular flexibility index (Phi) is 7.37. The molecule has 8 heteroatoms. The predicted molar refractivity (Wildman–Crippen MR) is 146 cm³/mol. The third-order valence-electron chi connectivity index (χ3n) is 7.65. The number of hydrogen-bond donors (Lipinski definition) is 1. The topological polar surface area (TPSA) is 83.2 Å². The number of aromatic nitrogens is 4. The number of hydrogen-bond acceptors (Lipinski definition) is 8. The van der Waals surface area contributed by atoms with E-state index in [0.717, 1.165) is 47.8 Å². The summed E-state index contributed by atoms with van der Waals surface area (Å²) in [7, 11) is 0. The molecule has 0 saturated carbocycles. The normalized spacial score (nSPS) is 17.8. The average Bonchev–Trinajstić information content (AvgIpc) is 3.47. The summed E-state index contributed by atoms with van der Waals surface area (Å²) in [6.45, 7) is 7.00. The lowest BCUT2D eigenvalue weighted by molar-refractivity contribution is 0.0925. The van der Waals surface area contributed by atoms with Crippen LogP contribution in [-0.2, 0) is 0 Å². The molecule has 4 aromatic rings. The maximum atomic E-state index is 5.93. The molecule has 1 N–H and O–H groups in total. The summed E-state index contributed by atoms with van der Waals surface area (Å²) in [6, 6.07) is 18.6. The number of anilines is 1. The van der Waals surface area contributed by atoms with Gasteiger partial charge in [-0.3, -0.25) is 0 Å². The molecule has 2 aromatic carbocycles. The minimum absolute atomic E-state index is 0.323. The highest BCUT2D eigenvalue weighted by molar-refractivity contribution is 5.90. The zero-order valence-corrected chi connectivity index (χ0v) is 21.4. The predicted octanol–water partition coefficient (Wildman–Crippen LogP) is 5.10. The van der Waals surface area contributed by atoms with Crippen LogP contribution in [-0.4, -0.2) is 75.3 Å². The van der Waals surface area contributed by atoms with E-state index < -0.39 is 0 Å². The first kappa shape index (κ1) is 24.0. The van der Waals surface area contributed by atoms with Crippen molar-refractivity contribution in [1.82, 2.24) is 30.0 Å². The van der Waals surface area contributed by atoms with Crippen molar-refractivity contribution < 1.29 is 4.42 Å². The Morgan fingerprint density at radius 2 is 1.57 bits per heavy atom. The molecule has 2 aliphatic rings. The highest BCUT2D eigenvalue weighted by atomic mass is 16.4. The molecule has 2 fully saturated rings. The van der Waals surface area contributed by atoms with E-state index >= 15 is 0 Å². The second-order valence-electron chi connectivity index (χ2n) is 10.1. The Labute approximate surface area is 218 Å². The minimum atomic E-state index is 0.323. The van der Waals surface area contributed by atoms with E-state index in [4.69, 9.17) is 14.4 Å². The molecule has 6 rings (SSSR count). The van der Waals surface area contributed by atoms with E-state index in [0.29, 0.717) is 17.6 Å². The SMILES string of the molecule is c1ccc(-c2nnc(-c3nc(NCCCN4CCC(N5CCCCC5)CC4)c4ccccc4n3)o2)cc1. The highest BCUT2D eigenvalue weighted by Crippen LogP contribution is 2.27. The molecule has 2 aromatic heterocycles. The Bertz CT molecular complexity index is 1290. The van der Waals surface area contributed by atoms with Gasteiger partial charge in [0.2, 0.25) is 11.7 Å². The Hall–Kier alpha value is -3.36. The van der Waals surface area contributed by atoms with Crippen molar-refractivity contribution in [3.05, 3.63) is 54.6 Å². The molecule has 0 amide bonds. The highest BCUT2D eigenvalue weighted by Gasteiger charge is 2.25. The van der Waals surface area contributed by atoms with Gasteiger partial charge in [-0.1, -0.05) is 36.8 Å². The molecule has 0 radical (unpaired) electrons. The standard InChI is InChI=1S/C29H35N7O/c1-3-10-22(11-4-1)28-33-34-29(37-28)27-31-25-13-6-5-12-24(25)26(32-27)30-16-9-17-35-20-14-23(15-21-35)36-18-7-2-8-19-36/h1,3-6,10-13,23H,2,7-9,14-21H2,(H,30,31,32). The van der Waals surface area contributed by atoms with Crippen LogP contribution in [0.2, 0.25) is 0 Å². The van der Waals surface area contributed by atoms with E-state index in [-0.39, 0.29) is 0 Å². The van der Waals surface area contributed by atoms with Crippen molar-refractivity contribution in [3.8, 4) is 23.2 Å². The quantitative estimate of drug-likeness (QED) is 0.337. The van der Waals surface area contributed by atoms with Gasteiger partial charge in [0.25, 0.3) is 5.89 Å². The minimum Gasteiger partial charge on any atom is -0.413 e. The summed E-state index contributed by atoms with van der Waals surface area (Å²) in [5, 5.41) is 13.0. The van der Waals surface area contributed by atoms with Crippen molar-refractivity contribution in [3.63, 3.8) is 0 Å². The van der Waals surface area contributed by atoms with Gasteiger partial charge in [0, 0.05) is 23.5 Å².